The fourth-order valence-corrected chi connectivity index (χ4v) is 4.34. The van der Waals surface area contributed by atoms with Gasteiger partial charge >= 0.3 is 0 Å². The Hall–Kier alpha value is -2.25. The maximum Gasteiger partial charge on any atom is 0.224 e. The van der Waals surface area contributed by atoms with Crippen LogP contribution in [-0.4, -0.2) is 52.4 Å². The Balaban J connectivity index is 1.27. The largest absolute Gasteiger partial charge is 0.461 e. The summed E-state index contributed by atoms with van der Waals surface area (Å²) in [5.41, 5.74) is 2.22. The lowest BCUT2D eigenvalue weighted by molar-refractivity contribution is -0.124. The van der Waals surface area contributed by atoms with Crippen LogP contribution >= 0.6 is 11.8 Å². The summed E-state index contributed by atoms with van der Waals surface area (Å²) in [6, 6.07) is 10.7. The van der Waals surface area contributed by atoms with Crippen LogP contribution in [0.5, 0.6) is 5.75 Å². The van der Waals surface area contributed by atoms with E-state index in [4.69, 9.17) is 4.74 Å². The van der Waals surface area contributed by atoms with Crippen LogP contribution in [0.1, 0.15) is 18.1 Å². The molecule has 2 aromatic rings. The second-order valence-electron chi connectivity index (χ2n) is 7.24. The number of likely N-dealkylation sites (N-methyl/N-ethyl adjacent to an activating group) is 1. The second-order valence-corrected chi connectivity index (χ2v) is 8.34. The third-order valence-corrected chi connectivity index (χ3v) is 5.73. The van der Waals surface area contributed by atoms with Crippen LogP contribution < -0.4 is 10.1 Å². The van der Waals surface area contributed by atoms with Gasteiger partial charge < -0.3 is 19.9 Å². The van der Waals surface area contributed by atoms with Gasteiger partial charge in [-0.05, 0) is 43.3 Å². The fraction of sp³-hybridized carbons (Fsp3) is 0.400. The van der Waals surface area contributed by atoms with Crippen molar-refractivity contribution in [2.45, 2.75) is 36.9 Å². The molecular formula is C20H24N4O2S. The number of hydrogen-bond acceptors (Lipinski definition) is 6. The molecule has 0 bridgehead atoms. The van der Waals surface area contributed by atoms with Crippen LogP contribution in [0.2, 0.25) is 0 Å². The monoisotopic (exact) mass is 384 g/mol. The number of carbonyl (C=O) groups excluding carboxylic acids is 1. The Morgan fingerprint density at radius 3 is 2.89 bits per heavy atom. The molecule has 0 saturated carbocycles. The molecular weight excluding hydrogens is 360 g/mol. The Morgan fingerprint density at radius 2 is 2.19 bits per heavy atom. The number of nitrogens with one attached hydrogen (secondary N) is 1. The summed E-state index contributed by atoms with van der Waals surface area (Å²) in [6.45, 7) is 6.32. The molecule has 4 rings (SSSR count). The number of anilines is 1. The van der Waals surface area contributed by atoms with E-state index in [1.54, 1.807) is 18.7 Å². The lowest BCUT2D eigenvalue weighted by Crippen LogP contribution is -2.25. The molecule has 1 unspecified atom stereocenters. The highest BCUT2D eigenvalue weighted by molar-refractivity contribution is 8.00. The molecule has 1 aromatic heterocycles. The Labute approximate surface area is 163 Å². The van der Waals surface area contributed by atoms with Crippen molar-refractivity contribution in [1.29, 1.82) is 0 Å². The summed E-state index contributed by atoms with van der Waals surface area (Å²) in [4.78, 5) is 21.0. The van der Waals surface area contributed by atoms with Crippen molar-refractivity contribution in [1.82, 2.24) is 14.8 Å². The number of pyridine rings is 1. The normalized spacial score (nSPS) is 20.4. The maximum absolute atomic E-state index is 11.3. The summed E-state index contributed by atoms with van der Waals surface area (Å²) in [7, 11) is 2.09. The number of aryl methyl sites for hydroxylation is 1. The van der Waals surface area contributed by atoms with Crippen molar-refractivity contribution in [2.24, 2.45) is 0 Å². The highest BCUT2D eigenvalue weighted by Gasteiger charge is 2.36. The Morgan fingerprint density at radius 1 is 1.41 bits per heavy atom. The molecule has 1 amide bonds. The highest BCUT2D eigenvalue weighted by Crippen LogP contribution is 2.38. The molecule has 0 aliphatic carbocycles. The standard InChI is InChI=1S/C20H24N4O2S/c1-13-8-18-19(21-9-13)22-20(27-18)26-17-6-4-15(5-7-17)10-23(3)11-16-12-24(16)14(2)25/h4-9,16,20H,10-12H2,1-3H3,(H,21,22)/t16-,20?,24?/m1/s1. The molecule has 1 saturated heterocycles. The summed E-state index contributed by atoms with van der Waals surface area (Å²) >= 11 is 1.64. The summed E-state index contributed by atoms with van der Waals surface area (Å²) in [6.07, 6.45) is 1.86. The van der Waals surface area contributed by atoms with Gasteiger partial charge in [-0.3, -0.25) is 4.79 Å². The zero-order chi connectivity index (χ0) is 19.0. The molecule has 2 aliphatic rings. The van der Waals surface area contributed by atoms with Crippen LogP contribution in [0.3, 0.4) is 0 Å². The first-order chi connectivity index (χ1) is 13.0. The lowest BCUT2D eigenvalue weighted by atomic mass is 10.2. The summed E-state index contributed by atoms with van der Waals surface area (Å²) in [5.74, 6) is 1.88. The fourth-order valence-electron chi connectivity index (χ4n) is 3.31. The van der Waals surface area contributed by atoms with E-state index in [-0.39, 0.29) is 11.5 Å². The maximum atomic E-state index is 11.3. The molecule has 1 N–H and O–H groups in total. The number of hydrogen-bond donors (Lipinski definition) is 1. The van der Waals surface area contributed by atoms with E-state index < -0.39 is 0 Å². The number of amides is 1. The Kier molecular flexibility index (Phi) is 4.97. The first kappa shape index (κ1) is 18.1. The van der Waals surface area contributed by atoms with Gasteiger partial charge in [-0.25, -0.2) is 4.98 Å². The minimum Gasteiger partial charge on any atom is -0.461 e. The molecule has 1 fully saturated rings. The zero-order valence-corrected chi connectivity index (χ0v) is 16.6. The van der Waals surface area contributed by atoms with Gasteiger partial charge in [0.2, 0.25) is 11.5 Å². The van der Waals surface area contributed by atoms with Crippen LogP contribution in [0, 0.1) is 6.92 Å². The predicted octanol–water partition coefficient (Wildman–Crippen LogP) is 2.93. The molecule has 2 atom stereocenters. The average molecular weight is 385 g/mol. The highest BCUT2D eigenvalue weighted by atomic mass is 32.2. The molecule has 3 heterocycles. The SMILES string of the molecule is CC(=O)N1C[C@H]1CN(C)Cc1ccc(OC2Nc3ncc(C)cc3S2)cc1. The molecule has 27 heavy (non-hydrogen) atoms. The van der Waals surface area contributed by atoms with Gasteiger partial charge in [0.1, 0.15) is 11.6 Å². The van der Waals surface area contributed by atoms with E-state index in [1.165, 1.54) is 5.56 Å². The van der Waals surface area contributed by atoms with Gasteiger partial charge in [0.15, 0.2) is 0 Å². The quantitative estimate of drug-likeness (QED) is 0.773. The van der Waals surface area contributed by atoms with Crippen molar-refractivity contribution >= 4 is 23.5 Å². The lowest BCUT2D eigenvalue weighted by Gasteiger charge is -2.17. The molecule has 7 heteroatoms. The number of benzene rings is 1. The molecule has 142 valence electrons. The van der Waals surface area contributed by atoms with Crippen molar-refractivity contribution in [2.75, 3.05) is 25.5 Å². The van der Waals surface area contributed by atoms with Crippen LogP contribution in [-0.2, 0) is 11.3 Å². The van der Waals surface area contributed by atoms with Gasteiger partial charge in [-0.2, -0.15) is 0 Å². The van der Waals surface area contributed by atoms with Gasteiger partial charge in [-0.15, -0.1) is 0 Å². The number of rotatable bonds is 6. The Bertz CT molecular complexity index is 842. The van der Waals surface area contributed by atoms with E-state index in [0.29, 0.717) is 6.04 Å². The average Bonchev–Trinajstić information content (AvgIpc) is 3.27. The van der Waals surface area contributed by atoms with Gasteiger partial charge in [0.25, 0.3) is 0 Å². The topological polar surface area (TPSA) is 57.5 Å². The predicted molar refractivity (Wildman–Crippen MR) is 107 cm³/mol. The number of carbonyl (C=O) groups is 1. The minimum atomic E-state index is -0.157. The van der Waals surface area contributed by atoms with Crippen molar-refractivity contribution in [3.8, 4) is 5.75 Å². The third-order valence-electron chi connectivity index (χ3n) is 4.74. The zero-order valence-electron chi connectivity index (χ0n) is 15.8. The molecule has 0 radical (unpaired) electrons. The number of fused-ring (bicyclic) bond motifs is 1. The molecule has 6 nitrogen and oxygen atoms in total. The molecule has 2 aliphatic heterocycles. The van der Waals surface area contributed by atoms with Crippen LogP contribution in [0.25, 0.3) is 0 Å². The van der Waals surface area contributed by atoms with Gasteiger partial charge in [0, 0.05) is 32.8 Å². The van der Waals surface area contributed by atoms with Gasteiger partial charge in [-0.1, -0.05) is 23.9 Å². The third kappa shape index (κ3) is 4.36. The van der Waals surface area contributed by atoms with Crippen molar-refractivity contribution < 1.29 is 9.53 Å². The first-order valence-corrected chi connectivity index (χ1v) is 9.97. The number of nitrogens with zero attached hydrogens (tertiary/aromatic N) is 3. The molecule has 1 aromatic carbocycles. The number of thioether (sulfide) groups is 1. The second kappa shape index (κ2) is 7.40. The van der Waals surface area contributed by atoms with E-state index in [0.717, 1.165) is 41.7 Å². The van der Waals surface area contributed by atoms with E-state index in [9.17, 15) is 4.79 Å². The van der Waals surface area contributed by atoms with Crippen LogP contribution in [0.15, 0.2) is 41.4 Å². The van der Waals surface area contributed by atoms with E-state index in [1.807, 2.05) is 30.2 Å². The van der Waals surface area contributed by atoms with Gasteiger partial charge in [0.05, 0.1) is 10.9 Å². The van der Waals surface area contributed by atoms with Crippen molar-refractivity contribution in [3.63, 3.8) is 0 Å². The minimum absolute atomic E-state index is 0.157. The summed E-state index contributed by atoms with van der Waals surface area (Å²) in [5, 5.41) is 3.29. The summed E-state index contributed by atoms with van der Waals surface area (Å²) < 4.78 is 6.03. The van der Waals surface area contributed by atoms with E-state index >= 15 is 0 Å². The first-order valence-electron chi connectivity index (χ1n) is 9.09. The molecule has 0 spiro atoms. The van der Waals surface area contributed by atoms with E-state index in [2.05, 4.69) is 40.4 Å². The number of aromatic nitrogens is 1. The number of ether oxygens (including phenoxy) is 1. The smallest absolute Gasteiger partial charge is 0.224 e. The van der Waals surface area contributed by atoms with Crippen LogP contribution in [0.4, 0.5) is 5.82 Å². The van der Waals surface area contributed by atoms with Crippen molar-refractivity contribution in [3.05, 3.63) is 47.7 Å².